The fraction of sp³-hybridized carbons (Fsp3) is 0. The summed E-state index contributed by atoms with van der Waals surface area (Å²) in [6.07, 6.45) is 1.37. The summed E-state index contributed by atoms with van der Waals surface area (Å²) in [5, 5.41) is 8.82. The number of benzene rings is 2. The standard InChI is InChI=1S/C15H12O3/c1-2-18-14-9-7-12(8-10-14)11-3-5-13(6-4-11)15(16)17/h2-10H,1H2,(H,16,17). The maximum absolute atomic E-state index is 10.7. The number of carboxylic acid groups (broad SMARTS) is 1. The second kappa shape index (κ2) is 5.19. The Balaban J connectivity index is 2.25. The smallest absolute Gasteiger partial charge is 0.335 e. The zero-order valence-corrected chi connectivity index (χ0v) is 9.67. The topological polar surface area (TPSA) is 46.5 Å². The molecule has 0 heterocycles. The molecule has 0 aliphatic rings. The molecule has 2 aromatic rings. The highest BCUT2D eigenvalue weighted by Crippen LogP contribution is 2.22. The molecule has 3 nitrogen and oxygen atoms in total. The second-order valence-electron chi connectivity index (χ2n) is 3.69. The minimum atomic E-state index is -0.920. The number of rotatable bonds is 4. The van der Waals surface area contributed by atoms with Crippen LogP contribution in [0.4, 0.5) is 0 Å². The molecule has 0 atom stereocenters. The van der Waals surface area contributed by atoms with Crippen molar-refractivity contribution in [3.05, 3.63) is 66.9 Å². The van der Waals surface area contributed by atoms with E-state index in [2.05, 4.69) is 6.58 Å². The molecular weight excluding hydrogens is 228 g/mol. The summed E-state index contributed by atoms with van der Waals surface area (Å²) in [5.41, 5.74) is 2.25. The summed E-state index contributed by atoms with van der Waals surface area (Å²) in [7, 11) is 0. The third kappa shape index (κ3) is 2.58. The van der Waals surface area contributed by atoms with Crippen molar-refractivity contribution in [2.75, 3.05) is 0 Å². The van der Waals surface area contributed by atoms with E-state index in [1.165, 1.54) is 6.26 Å². The third-order valence-electron chi connectivity index (χ3n) is 2.54. The van der Waals surface area contributed by atoms with E-state index in [-0.39, 0.29) is 5.56 Å². The van der Waals surface area contributed by atoms with Gasteiger partial charge < -0.3 is 9.84 Å². The van der Waals surface area contributed by atoms with Crippen LogP contribution in [0.3, 0.4) is 0 Å². The summed E-state index contributed by atoms with van der Waals surface area (Å²) in [5.74, 6) is -0.202. The summed E-state index contributed by atoms with van der Waals surface area (Å²) < 4.78 is 5.13. The number of carboxylic acids is 1. The van der Waals surface area contributed by atoms with E-state index >= 15 is 0 Å². The first-order valence-corrected chi connectivity index (χ1v) is 5.42. The van der Waals surface area contributed by atoms with Crippen LogP contribution in [0.2, 0.25) is 0 Å². The quantitative estimate of drug-likeness (QED) is 0.831. The van der Waals surface area contributed by atoms with E-state index in [9.17, 15) is 4.79 Å². The van der Waals surface area contributed by atoms with E-state index in [1.807, 2.05) is 24.3 Å². The van der Waals surface area contributed by atoms with Crippen LogP contribution in [0.25, 0.3) is 11.1 Å². The van der Waals surface area contributed by atoms with Gasteiger partial charge in [0.05, 0.1) is 11.8 Å². The molecule has 1 N–H and O–H groups in total. The minimum Gasteiger partial charge on any atom is -0.478 e. The van der Waals surface area contributed by atoms with E-state index in [1.54, 1.807) is 24.3 Å². The van der Waals surface area contributed by atoms with Gasteiger partial charge in [0.25, 0.3) is 0 Å². The number of ether oxygens (including phenoxy) is 1. The van der Waals surface area contributed by atoms with E-state index < -0.39 is 5.97 Å². The van der Waals surface area contributed by atoms with Crippen LogP contribution in [-0.2, 0) is 0 Å². The van der Waals surface area contributed by atoms with Gasteiger partial charge in [-0.05, 0) is 35.4 Å². The first-order chi connectivity index (χ1) is 8.70. The lowest BCUT2D eigenvalue weighted by Crippen LogP contribution is -1.94. The molecule has 0 unspecified atom stereocenters. The van der Waals surface area contributed by atoms with Crippen LogP contribution < -0.4 is 4.74 Å². The molecule has 18 heavy (non-hydrogen) atoms. The van der Waals surface area contributed by atoms with Gasteiger partial charge in [-0.15, -0.1) is 0 Å². The molecule has 0 aliphatic heterocycles. The van der Waals surface area contributed by atoms with E-state index in [0.29, 0.717) is 0 Å². The average molecular weight is 240 g/mol. The number of hydrogen-bond donors (Lipinski definition) is 1. The van der Waals surface area contributed by atoms with Crippen LogP contribution in [0.1, 0.15) is 10.4 Å². The van der Waals surface area contributed by atoms with E-state index in [0.717, 1.165) is 16.9 Å². The van der Waals surface area contributed by atoms with Crippen molar-refractivity contribution < 1.29 is 14.6 Å². The van der Waals surface area contributed by atoms with Gasteiger partial charge in [-0.3, -0.25) is 0 Å². The summed E-state index contributed by atoms with van der Waals surface area (Å²) in [6, 6.07) is 14.2. The van der Waals surface area contributed by atoms with E-state index in [4.69, 9.17) is 9.84 Å². The van der Waals surface area contributed by atoms with Gasteiger partial charge >= 0.3 is 5.97 Å². The third-order valence-corrected chi connectivity index (χ3v) is 2.54. The molecule has 0 amide bonds. The van der Waals surface area contributed by atoms with Gasteiger partial charge in [-0.25, -0.2) is 4.79 Å². The van der Waals surface area contributed by atoms with Crippen molar-refractivity contribution in [2.45, 2.75) is 0 Å². The van der Waals surface area contributed by atoms with Crippen LogP contribution >= 0.6 is 0 Å². The van der Waals surface area contributed by atoms with Crippen molar-refractivity contribution in [3.8, 4) is 16.9 Å². The summed E-state index contributed by atoms with van der Waals surface area (Å²) >= 11 is 0. The zero-order valence-electron chi connectivity index (χ0n) is 9.67. The second-order valence-corrected chi connectivity index (χ2v) is 3.69. The zero-order chi connectivity index (χ0) is 13.0. The maximum Gasteiger partial charge on any atom is 0.335 e. The first kappa shape index (κ1) is 11.9. The lowest BCUT2D eigenvalue weighted by molar-refractivity contribution is 0.0697. The molecule has 90 valence electrons. The Hall–Kier alpha value is -2.55. The Morgan fingerprint density at radius 2 is 1.50 bits per heavy atom. The largest absolute Gasteiger partial charge is 0.478 e. The number of aromatic carboxylic acids is 1. The molecule has 0 spiro atoms. The predicted octanol–water partition coefficient (Wildman–Crippen LogP) is 3.57. The molecule has 0 saturated heterocycles. The first-order valence-electron chi connectivity index (χ1n) is 5.42. The summed E-state index contributed by atoms with van der Waals surface area (Å²) in [6.45, 7) is 3.48. The molecule has 3 heteroatoms. The van der Waals surface area contributed by atoms with Crippen molar-refractivity contribution >= 4 is 5.97 Å². The molecule has 0 aromatic heterocycles. The Labute approximate surface area is 105 Å². The van der Waals surface area contributed by atoms with Crippen LogP contribution in [0.5, 0.6) is 5.75 Å². The minimum absolute atomic E-state index is 0.283. The normalized spacial score (nSPS) is 9.78. The average Bonchev–Trinajstić information content (AvgIpc) is 2.40. The van der Waals surface area contributed by atoms with Crippen molar-refractivity contribution in [1.29, 1.82) is 0 Å². The van der Waals surface area contributed by atoms with Crippen molar-refractivity contribution in [2.24, 2.45) is 0 Å². The molecule has 0 saturated carbocycles. The van der Waals surface area contributed by atoms with Gasteiger partial charge in [0, 0.05) is 0 Å². The van der Waals surface area contributed by atoms with Crippen LogP contribution in [0, 0.1) is 0 Å². The van der Waals surface area contributed by atoms with Gasteiger partial charge in [0.15, 0.2) is 0 Å². The molecule has 0 aliphatic carbocycles. The SMILES string of the molecule is C=COc1ccc(-c2ccc(C(=O)O)cc2)cc1. The highest BCUT2D eigenvalue weighted by molar-refractivity contribution is 5.88. The predicted molar refractivity (Wildman–Crippen MR) is 69.7 cm³/mol. The fourth-order valence-electron chi connectivity index (χ4n) is 1.63. The molecular formula is C15H12O3. The lowest BCUT2D eigenvalue weighted by Gasteiger charge is -2.04. The fourth-order valence-corrected chi connectivity index (χ4v) is 1.63. The Kier molecular flexibility index (Phi) is 3.44. The van der Waals surface area contributed by atoms with Crippen LogP contribution in [-0.4, -0.2) is 11.1 Å². The van der Waals surface area contributed by atoms with Gasteiger partial charge in [-0.1, -0.05) is 30.8 Å². The highest BCUT2D eigenvalue weighted by atomic mass is 16.5. The number of hydrogen-bond acceptors (Lipinski definition) is 2. The van der Waals surface area contributed by atoms with Gasteiger partial charge in [-0.2, -0.15) is 0 Å². The van der Waals surface area contributed by atoms with Crippen molar-refractivity contribution in [1.82, 2.24) is 0 Å². The monoisotopic (exact) mass is 240 g/mol. The molecule has 0 bridgehead atoms. The van der Waals surface area contributed by atoms with Crippen LogP contribution in [0.15, 0.2) is 61.4 Å². The number of carbonyl (C=O) groups is 1. The van der Waals surface area contributed by atoms with Gasteiger partial charge in [0.2, 0.25) is 0 Å². The maximum atomic E-state index is 10.7. The lowest BCUT2D eigenvalue weighted by atomic mass is 10.0. The van der Waals surface area contributed by atoms with Gasteiger partial charge in [0.1, 0.15) is 5.75 Å². The molecule has 0 fully saturated rings. The molecule has 2 aromatic carbocycles. The Bertz CT molecular complexity index is 553. The Morgan fingerprint density at radius 1 is 1.00 bits per heavy atom. The van der Waals surface area contributed by atoms with Crippen molar-refractivity contribution in [3.63, 3.8) is 0 Å². The highest BCUT2D eigenvalue weighted by Gasteiger charge is 2.03. The molecule has 2 rings (SSSR count). The summed E-state index contributed by atoms with van der Waals surface area (Å²) in [4.78, 5) is 10.7. The molecule has 0 radical (unpaired) electrons. The Morgan fingerprint density at radius 3 is 1.94 bits per heavy atom.